The number of para-hydroxylation sites is 1. The Labute approximate surface area is 100 Å². The van der Waals surface area contributed by atoms with Crippen LogP contribution in [0, 0.1) is 0 Å². The van der Waals surface area contributed by atoms with E-state index in [2.05, 4.69) is 26.2 Å². The molecule has 0 atom stereocenters. The van der Waals surface area contributed by atoms with Crippen molar-refractivity contribution < 1.29 is 9.90 Å². The number of benzene rings is 1. The van der Waals surface area contributed by atoms with Crippen molar-refractivity contribution in [3.05, 3.63) is 22.7 Å². The van der Waals surface area contributed by atoms with Gasteiger partial charge < -0.3 is 15.0 Å². The van der Waals surface area contributed by atoms with E-state index in [0.29, 0.717) is 5.95 Å². The van der Waals surface area contributed by atoms with Gasteiger partial charge in [-0.1, -0.05) is 6.07 Å². The number of nitrogens with zero attached hydrogens (tertiary/aromatic N) is 2. The van der Waals surface area contributed by atoms with Crippen LogP contribution in [0.4, 0.5) is 5.95 Å². The normalized spacial score (nSPS) is 10.6. The number of hydrogen-bond acceptors (Lipinski definition) is 3. The molecule has 0 saturated carbocycles. The second-order valence-electron chi connectivity index (χ2n) is 3.35. The van der Waals surface area contributed by atoms with Crippen LogP contribution in [0.3, 0.4) is 0 Å². The molecule has 0 unspecified atom stereocenters. The standard InChI is InChI=1S/C10H10BrN3O2/c1-14-9-6(11)3-2-4-7(9)13-10(14)12-5-8(15)16/h2-4H,5H2,1H3,(H,12,13)(H,15,16). The molecule has 5 nitrogen and oxygen atoms in total. The molecule has 0 aliphatic rings. The number of imidazole rings is 1. The Bertz CT molecular complexity index is 550. The monoisotopic (exact) mass is 283 g/mol. The van der Waals surface area contributed by atoms with Gasteiger partial charge in [0.2, 0.25) is 5.95 Å². The second kappa shape index (κ2) is 4.13. The lowest BCUT2D eigenvalue weighted by atomic mass is 10.3. The minimum atomic E-state index is -0.911. The molecular formula is C10H10BrN3O2. The lowest BCUT2D eigenvalue weighted by molar-refractivity contribution is -0.134. The first-order valence-corrected chi connectivity index (χ1v) is 5.45. The highest BCUT2D eigenvalue weighted by Gasteiger charge is 2.10. The van der Waals surface area contributed by atoms with Crippen molar-refractivity contribution in [2.24, 2.45) is 7.05 Å². The predicted molar refractivity (Wildman–Crippen MR) is 64.5 cm³/mol. The van der Waals surface area contributed by atoms with Gasteiger partial charge in [0, 0.05) is 11.5 Å². The molecule has 0 bridgehead atoms. The van der Waals surface area contributed by atoms with E-state index in [1.54, 1.807) is 0 Å². The fraction of sp³-hybridized carbons (Fsp3) is 0.200. The van der Waals surface area contributed by atoms with Crippen molar-refractivity contribution in [3.8, 4) is 0 Å². The summed E-state index contributed by atoms with van der Waals surface area (Å²) >= 11 is 3.44. The smallest absolute Gasteiger partial charge is 0.322 e. The summed E-state index contributed by atoms with van der Waals surface area (Å²) in [6.07, 6.45) is 0. The van der Waals surface area contributed by atoms with Gasteiger partial charge in [-0.2, -0.15) is 0 Å². The van der Waals surface area contributed by atoms with Crippen LogP contribution in [0.1, 0.15) is 0 Å². The van der Waals surface area contributed by atoms with E-state index >= 15 is 0 Å². The van der Waals surface area contributed by atoms with E-state index in [1.807, 2.05) is 29.8 Å². The summed E-state index contributed by atoms with van der Waals surface area (Å²) in [7, 11) is 1.84. The van der Waals surface area contributed by atoms with Crippen molar-refractivity contribution in [2.45, 2.75) is 0 Å². The molecule has 0 spiro atoms. The van der Waals surface area contributed by atoms with Crippen LogP contribution >= 0.6 is 15.9 Å². The zero-order chi connectivity index (χ0) is 11.7. The highest BCUT2D eigenvalue weighted by molar-refractivity contribution is 9.10. The number of carboxylic acid groups (broad SMARTS) is 1. The Balaban J connectivity index is 2.44. The van der Waals surface area contributed by atoms with Crippen molar-refractivity contribution in [1.82, 2.24) is 9.55 Å². The van der Waals surface area contributed by atoms with Crippen molar-refractivity contribution in [3.63, 3.8) is 0 Å². The number of nitrogens with one attached hydrogen (secondary N) is 1. The van der Waals surface area contributed by atoms with E-state index in [1.165, 1.54) is 0 Å². The van der Waals surface area contributed by atoms with E-state index in [4.69, 9.17) is 5.11 Å². The van der Waals surface area contributed by atoms with Crippen LogP contribution in [0.2, 0.25) is 0 Å². The van der Waals surface area contributed by atoms with Gasteiger partial charge in [-0.05, 0) is 28.1 Å². The van der Waals surface area contributed by atoms with E-state index in [0.717, 1.165) is 15.5 Å². The quantitative estimate of drug-likeness (QED) is 0.902. The zero-order valence-electron chi connectivity index (χ0n) is 8.57. The topological polar surface area (TPSA) is 67.2 Å². The number of fused-ring (bicyclic) bond motifs is 1. The Kier molecular flexibility index (Phi) is 2.82. The van der Waals surface area contributed by atoms with E-state index < -0.39 is 5.97 Å². The number of aromatic nitrogens is 2. The van der Waals surface area contributed by atoms with Crippen LogP contribution in [-0.2, 0) is 11.8 Å². The molecule has 84 valence electrons. The number of anilines is 1. The number of halogens is 1. The lowest BCUT2D eigenvalue weighted by Gasteiger charge is -2.03. The first-order chi connectivity index (χ1) is 7.59. The first kappa shape index (κ1) is 10.9. The minimum absolute atomic E-state index is 0.144. The molecule has 0 amide bonds. The number of rotatable bonds is 3. The summed E-state index contributed by atoms with van der Waals surface area (Å²) in [4.78, 5) is 14.8. The zero-order valence-corrected chi connectivity index (χ0v) is 10.2. The molecule has 1 heterocycles. The van der Waals surface area contributed by atoms with Crippen molar-refractivity contribution in [2.75, 3.05) is 11.9 Å². The SMILES string of the molecule is Cn1c(NCC(=O)O)nc2cccc(Br)c21. The van der Waals surface area contributed by atoms with Gasteiger partial charge in [0.05, 0.1) is 11.0 Å². The van der Waals surface area contributed by atoms with Crippen LogP contribution in [-0.4, -0.2) is 27.2 Å². The second-order valence-corrected chi connectivity index (χ2v) is 4.20. The van der Waals surface area contributed by atoms with E-state index in [9.17, 15) is 4.79 Å². The van der Waals surface area contributed by atoms with Crippen LogP contribution in [0.15, 0.2) is 22.7 Å². The number of hydrogen-bond donors (Lipinski definition) is 2. The largest absolute Gasteiger partial charge is 0.480 e. The number of carboxylic acids is 1. The summed E-state index contributed by atoms with van der Waals surface area (Å²) in [5.41, 5.74) is 1.76. The van der Waals surface area contributed by atoms with Crippen LogP contribution in [0.25, 0.3) is 11.0 Å². The summed E-state index contributed by atoms with van der Waals surface area (Å²) in [6.45, 7) is -0.144. The maximum Gasteiger partial charge on any atom is 0.322 e. The number of aryl methyl sites for hydroxylation is 1. The fourth-order valence-corrected chi connectivity index (χ4v) is 2.16. The molecule has 1 aromatic heterocycles. The average molecular weight is 284 g/mol. The summed E-state index contributed by atoms with van der Waals surface area (Å²) in [5, 5.41) is 11.3. The molecule has 6 heteroatoms. The summed E-state index contributed by atoms with van der Waals surface area (Å²) in [5.74, 6) is -0.365. The van der Waals surface area contributed by atoms with Gasteiger partial charge in [0.15, 0.2) is 0 Å². The van der Waals surface area contributed by atoms with Crippen LogP contribution < -0.4 is 5.32 Å². The maximum absolute atomic E-state index is 10.5. The third kappa shape index (κ3) is 1.88. The Morgan fingerprint density at radius 1 is 1.62 bits per heavy atom. The lowest BCUT2D eigenvalue weighted by Crippen LogP contribution is -2.14. The Morgan fingerprint density at radius 2 is 2.38 bits per heavy atom. The molecule has 2 aromatic rings. The molecule has 0 radical (unpaired) electrons. The van der Waals surface area contributed by atoms with Gasteiger partial charge in [-0.3, -0.25) is 4.79 Å². The summed E-state index contributed by atoms with van der Waals surface area (Å²) in [6, 6.07) is 5.69. The van der Waals surface area contributed by atoms with E-state index in [-0.39, 0.29) is 6.54 Å². The van der Waals surface area contributed by atoms with Gasteiger partial charge >= 0.3 is 5.97 Å². The number of carbonyl (C=O) groups is 1. The maximum atomic E-state index is 10.5. The first-order valence-electron chi connectivity index (χ1n) is 4.66. The van der Waals surface area contributed by atoms with Gasteiger partial charge in [0.25, 0.3) is 0 Å². The predicted octanol–water partition coefficient (Wildman–Crippen LogP) is 1.83. The fourth-order valence-electron chi connectivity index (χ4n) is 1.53. The number of aliphatic carboxylic acids is 1. The molecular weight excluding hydrogens is 274 g/mol. The average Bonchev–Trinajstić information content (AvgIpc) is 2.54. The highest BCUT2D eigenvalue weighted by atomic mass is 79.9. The highest BCUT2D eigenvalue weighted by Crippen LogP contribution is 2.25. The third-order valence-corrected chi connectivity index (χ3v) is 2.88. The summed E-state index contributed by atoms with van der Waals surface area (Å²) < 4.78 is 2.76. The van der Waals surface area contributed by atoms with Crippen molar-refractivity contribution >= 4 is 38.9 Å². The molecule has 2 N–H and O–H groups in total. The Morgan fingerprint density at radius 3 is 3.00 bits per heavy atom. The van der Waals surface area contributed by atoms with Crippen LogP contribution in [0.5, 0.6) is 0 Å². The molecule has 2 rings (SSSR count). The molecule has 0 aliphatic heterocycles. The molecule has 1 aromatic carbocycles. The molecule has 0 fully saturated rings. The molecule has 16 heavy (non-hydrogen) atoms. The minimum Gasteiger partial charge on any atom is -0.480 e. The Hall–Kier alpha value is -1.56. The van der Waals surface area contributed by atoms with Gasteiger partial charge in [-0.15, -0.1) is 0 Å². The van der Waals surface area contributed by atoms with Gasteiger partial charge in [-0.25, -0.2) is 4.98 Å². The third-order valence-electron chi connectivity index (χ3n) is 2.24. The molecule has 0 aliphatic carbocycles. The van der Waals surface area contributed by atoms with Gasteiger partial charge in [0.1, 0.15) is 6.54 Å². The van der Waals surface area contributed by atoms with Crippen molar-refractivity contribution in [1.29, 1.82) is 0 Å². The molecule has 0 saturated heterocycles.